The fourth-order valence-electron chi connectivity index (χ4n) is 1.72. The van der Waals surface area contributed by atoms with Gasteiger partial charge in [-0.1, -0.05) is 0 Å². The zero-order valence-corrected chi connectivity index (χ0v) is 9.59. The van der Waals surface area contributed by atoms with E-state index < -0.39 is 4.92 Å². The van der Waals surface area contributed by atoms with Crippen molar-refractivity contribution in [3.63, 3.8) is 0 Å². The van der Waals surface area contributed by atoms with Gasteiger partial charge in [-0.3, -0.25) is 10.1 Å². The van der Waals surface area contributed by atoms with E-state index in [9.17, 15) is 14.9 Å². The molecule has 0 radical (unpaired) electrons. The van der Waals surface area contributed by atoms with Crippen molar-refractivity contribution in [3.05, 3.63) is 34.4 Å². The molecule has 96 valence electrons. The molecule has 1 aliphatic heterocycles. The maximum absolute atomic E-state index is 11.5. The van der Waals surface area contributed by atoms with Crippen LogP contribution in [0.3, 0.4) is 0 Å². The maximum Gasteiger partial charge on any atom is 0.348 e. The molecule has 0 amide bonds. The van der Waals surface area contributed by atoms with Crippen LogP contribution in [0.15, 0.2) is 24.3 Å². The minimum absolute atomic E-state index is 0.00987. The quantitative estimate of drug-likeness (QED) is 0.617. The number of hydrogen-bond acceptors (Lipinski definition) is 6. The van der Waals surface area contributed by atoms with E-state index in [2.05, 4.69) is 10.8 Å². The molecular weight excluding hydrogens is 238 g/mol. The Morgan fingerprint density at radius 1 is 1.44 bits per heavy atom. The highest BCUT2D eigenvalue weighted by atomic mass is 16.7. The molecule has 1 atom stereocenters. The highest BCUT2D eigenvalue weighted by molar-refractivity contribution is 5.76. The number of anilines is 1. The van der Waals surface area contributed by atoms with Crippen molar-refractivity contribution in [2.45, 2.75) is 18.9 Å². The molecule has 0 aromatic heterocycles. The van der Waals surface area contributed by atoms with Crippen LogP contribution >= 0.6 is 0 Å². The van der Waals surface area contributed by atoms with Gasteiger partial charge in [0.05, 0.1) is 10.6 Å². The molecule has 1 heterocycles. The van der Waals surface area contributed by atoms with Crippen LogP contribution in [0, 0.1) is 10.1 Å². The molecule has 1 fully saturated rings. The molecule has 0 spiro atoms. The van der Waals surface area contributed by atoms with Gasteiger partial charge in [-0.05, 0) is 31.5 Å². The second-order valence-electron chi connectivity index (χ2n) is 3.98. The maximum atomic E-state index is 11.5. The highest BCUT2D eigenvalue weighted by Crippen LogP contribution is 2.15. The number of nitrogens with zero attached hydrogens (tertiary/aromatic N) is 1. The number of benzene rings is 1. The molecule has 1 aromatic rings. The third-order valence-electron chi connectivity index (χ3n) is 2.69. The van der Waals surface area contributed by atoms with Gasteiger partial charge in [0.2, 0.25) is 0 Å². The lowest BCUT2D eigenvalue weighted by Gasteiger charge is -2.10. The Hall–Kier alpha value is -2.15. The second-order valence-corrected chi connectivity index (χ2v) is 3.98. The lowest BCUT2D eigenvalue weighted by Crippen LogP contribution is -2.33. The molecule has 7 nitrogen and oxygen atoms in total. The molecule has 1 saturated heterocycles. The Labute approximate surface area is 103 Å². The largest absolute Gasteiger partial charge is 0.348 e. The van der Waals surface area contributed by atoms with Gasteiger partial charge in [0, 0.05) is 12.1 Å². The zero-order chi connectivity index (χ0) is 13.0. The molecule has 0 saturated carbocycles. The molecule has 1 aromatic carbocycles. The molecule has 7 heteroatoms. The number of hydrogen-bond donors (Lipinski definition) is 2. The Kier molecular flexibility index (Phi) is 3.73. The third-order valence-corrected chi connectivity index (χ3v) is 2.69. The number of nitrogens with one attached hydrogen (secondary N) is 2. The first-order valence-electron chi connectivity index (χ1n) is 5.61. The van der Waals surface area contributed by atoms with Crippen LogP contribution in [0.1, 0.15) is 12.8 Å². The number of nitro groups is 1. The molecule has 0 aliphatic carbocycles. The summed E-state index contributed by atoms with van der Waals surface area (Å²) in [4.78, 5) is 26.4. The van der Waals surface area contributed by atoms with Crippen molar-refractivity contribution in [3.8, 4) is 0 Å². The predicted octanol–water partition coefficient (Wildman–Crippen LogP) is 1.22. The van der Waals surface area contributed by atoms with Gasteiger partial charge in [0.1, 0.15) is 6.04 Å². The Morgan fingerprint density at radius 3 is 2.72 bits per heavy atom. The Balaban J connectivity index is 1.86. The lowest BCUT2D eigenvalue weighted by molar-refractivity contribution is -0.384. The summed E-state index contributed by atoms with van der Waals surface area (Å²) in [6.45, 7) is 0.817. The van der Waals surface area contributed by atoms with Crippen LogP contribution < -0.4 is 10.8 Å². The summed E-state index contributed by atoms with van der Waals surface area (Å²) in [5.74, 6) is -0.370. The first-order chi connectivity index (χ1) is 8.66. The van der Waals surface area contributed by atoms with Gasteiger partial charge in [-0.15, -0.1) is 0 Å². The summed E-state index contributed by atoms with van der Waals surface area (Å²) in [5.41, 5.74) is 2.96. The average Bonchev–Trinajstić information content (AvgIpc) is 2.90. The summed E-state index contributed by atoms with van der Waals surface area (Å²) < 4.78 is 0. The van der Waals surface area contributed by atoms with Crippen molar-refractivity contribution < 1.29 is 14.6 Å². The van der Waals surface area contributed by atoms with Crippen LogP contribution in [-0.4, -0.2) is 23.5 Å². The van der Waals surface area contributed by atoms with Gasteiger partial charge in [-0.25, -0.2) is 10.3 Å². The molecule has 18 heavy (non-hydrogen) atoms. The van der Waals surface area contributed by atoms with Crippen molar-refractivity contribution in [2.75, 3.05) is 12.0 Å². The van der Waals surface area contributed by atoms with Crippen molar-refractivity contribution >= 4 is 17.3 Å². The fourth-order valence-corrected chi connectivity index (χ4v) is 1.72. The number of non-ortho nitro benzene ring substituents is 1. The second kappa shape index (κ2) is 5.46. The van der Waals surface area contributed by atoms with Gasteiger partial charge < -0.3 is 10.2 Å². The first-order valence-corrected chi connectivity index (χ1v) is 5.61. The van der Waals surface area contributed by atoms with E-state index in [1.165, 1.54) is 24.3 Å². The van der Waals surface area contributed by atoms with Crippen molar-refractivity contribution in [2.24, 2.45) is 0 Å². The fraction of sp³-hybridized carbons (Fsp3) is 0.364. The Bertz CT molecular complexity index is 440. The summed E-state index contributed by atoms with van der Waals surface area (Å²) >= 11 is 0. The smallest absolute Gasteiger partial charge is 0.342 e. The average molecular weight is 251 g/mol. The van der Waals surface area contributed by atoms with E-state index in [4.69, 9.17) is 4.84 Å². The standard InChI is InChI=1S/C11H13N3O4/c15-11(10-2-1-7-12-10)18-13-8-3-5-9(6-4-8)14(16)17/h3-6,10,12-13H,1-2,7H2/t10-/m0/s1. The summed E-state index contributed by atoms with van der Waals surface area (Å²) in [5, 5.41) is 13.5. The topological polar surface area (TPSA) is 93.5 Å². The SMILES string of the molecule is O=C(ONc1ccc([N+](=O)[O-])cc1)[C@@H]1CCCN1. The number of carbonyl (C=O) groups excluding carboxylic acids is 1. The highest BCUT2D eigenvalue weighted by Gasteiger charge is 2.23. The van der Waals surface area contributed by atoms with E-state index in [0.717, 1.165) is 19.4 Å². The summed E-state index contributed by atoms with van der Waals surface area (Å²) in [7, 11) is 0. The van der Waals surface area contributed by atoms with Crippen LogP contribution in [0.2, 0.25) is 0 Å². The molecule has 2 rings (SSSR count). The van der Waals surface area contributed by atoms with Gasteiger partial charge in [0.15, 0.2) is 0 Å². The number of carbonyl (C=O) groups is 1. The Morgan fingerprint density at radius 2 is 2.17 bits per heavy atom. The molecule has 0 unspecified atom stereocenters. The predicted molar refractivity (Wildman–Crippen MR) is 63.8 cm³/mol. The molecule has 1 aliphatic rings. The van der Waals surface area contributed by atoms with Crippen LogP contribution in [0.25, 0.3) is 0 Å². The zero-order valence-electron chi connectivity index (χ0n) is 9.59. The molecule has 2 N–H and O–H groups in total. The van der Waals surface area contributed by atoms with Crippen LogP contribution in [0.5, 0.6) is 0 Å². The minimum atomic E-state index is -0.488. The normalized spacial score (nSPS) is 18.3. The third kappa shape index (κ3) is 2.95. The minimum Gasteiger partial charge on any atom is -0.342 e. The van der Waals surface area contributed by atoms with Crippen molar-refractivity contribution in [1.82, 2.24) is 5.32 Å². The van der Waals surface area contributed by atoms with Gasteiger partial charge in [0.25, 0.3) is 5.69 Å². The number of nitro benzene ring substituents is 1. The number of rotatable bonds is 4. The first kappa shape index (κ1) is 12.3. The molecule has 0 bridgehead atoms. The van der Waals surface area contributed by atoms with Gasteiger partial charge in [-0.2, -0.15) is 0 Å². The van der Waals surface area contributed by atoms with Crippen LogP contribution in [-0.2, 0) is 9.63 Å². The van der Waals surface area contributed by atoms with Gasteiger partial charge >= 0.3 is 5.97 Å². The summed E-state index contributed by atoms with van der Waals surface area (Å²) in [6.07, 6.45) is 1.72. The van der Waals surface area contributed by atoms with E-state index in [1.807, 2.05) is 0 Å². The van der Waals surface area contributed by atoms with E-state index in [-0.39, 0.29) is 17.7 Å². The van der Waals surface area contributed by atoms with E-state index >= 15 is 0 Å². The van der Waals surface area contributed by atoms with E-state index in [1.54, 1.807) is 0 Å². The summed E-state index contributed by atoms with van der Waals surface area (Å²) in [6, 6.07) is 5.37. The monoisotopic (exact) mass is 251 g/mol. The van der Waals surface area contributed by atoms with Crippen LogP contribution in [0.4, 0.5) is 11.4 Å². The van der Waals surface area contributed by atoms with E-state index in [0.29, 0.717) is 5.69 Å². The van der Waals surface area contributed by atoms with Crippen molar-refractivity contribution in [1.29, 1.82) is 0 Å². The molecular formula is C11H13N3O4. The lowest BCUT2D eigenvalue weighted by atomic mass is 10.2.